The van der Waals surface area contributed by atoms with Crippen LogP contribution in [0.15, 0.2) is 12.2 Å². The first-order valence-corrected chi connectivity index (χ1v) is 4.40. The molecule has 1 amide bonds. The van der Waals surface area contributed by atoms with Gasteiger partial charge in [0.1, 0.15) is 6.04 Å². The molecule has 0 aromatic carbocycles. The third kappa shape index (κ3) is 2.11. The second kappa shape index (κ2) is 4.23. The van der Waals surface area contributed by atoms with Crippen molar-refractivity contribution in [3.8, 4) is 0 Å². The Morgan fingerprint density at radius 2 is 2.14 bits per heavy atom. The van der Waals surface area contributed by atoms with E-state index in [9.17, 15) is 14.7 Å². The van der Waals surface area contributed by atoms with Gasteiger partial charge >= 0.3 is 5.97 Å². The molecule has 2 atom stereocenters. The molecule has 0 spiro atoms. The molecule has 14 heavy (non-hydrogen) atoms. The fourth-order valence-corrected chi connectivity index (χ4v) is 1.53. The van der Waals surface area contributed by atoms with Crippen molar-refractivity contribution in [1.82, 2.24) is 4.90 Å². The number of carboxylic acids is 1. The highest BCUT2D eigenvalue weighted by Crippen LogP contribution is 2.18. The summed E-state index contributed by atoms with van der Waals surface area (Å²) in [5.74, 6) is -1.43. The van der Waals surface area contributed by atoms with Gasteiger partial charge in [-0.1, -0.05) is 6.08 Å². The smallest absolute Gasteiger partial charge is 0.326 e. The molecule has 1 heterocycles. The Bertz CT molecular complexity index is 274. The highest BCUT2D eigenvalue weighted by molar-refractivity contribution is 5.91. The quantitative estimate of drug-likeness (QED) is 0.594. The van der Waals surface area contributed by atoms with Crippen molar-refractivity contribution in [1.29, 1.82) is 0 Å². The molecule has 0 radical (unpaired) electrons. The predicted molar refractivity (Wildman–Crippen MR) is 48.6 cm³/mol. The number of aliphatic hydroxyl groups excluding tert-OH is 1. The van der Waals surface area contributed by atoms with E-state index in [1.165, 1.54) is 11.0 Å². The second-order valence-electron chi connectivity index (χ2n) is 3.23. The van der Waals surface area contributed by atoms with E-state index in [2.05, 4.69) is 0 Å². The molecule has 1 aliphatic rings. The monoisotopic (exact) mass is 199 g/mol. The highest BCUT2D eigenvalue weighted by Gasteiger charge is 2.37. The number of likely N-dealkylation sites (tertiary alicyclic amines) is 1. The van der Waals surface area contributed by atoms with Crippen molar-refractivity contribution in [3.05, 3.63) is 12.2 Å². The zero-order chi connectivity index (χ0) is 10.7. The Hall–Kier alpha value is -1.36. The molecule has 1 unspecified atom stereocenters. The maximum atomic E-state index is 11.4. The van der Waals surface area contributed by atoms with Crippen LogP contribution in [0.4, 0.5) is 0 Å². The van der Waals surface area contributed by atoms with E-state index in [0.717, 1.165) is 0 Å². The minimum Gasteiger partial charge on any atom is -0.480 e. The summed E-state index contributed by atoms with van der Waals surface area (Å²) < 4.78 is 0. The zero-order valence-electron chi connectivity index (χ0n) is 7.88. The van der Waals surface area contributed by atoms with Crippen molar-refractivity contribution in [2.75, 3.05) is 6.54 Å². The number of aliphatic carboxylic acids is 1. The number of hydrogen-bond donors (Lipinski definition) is 2. The van der Waals surface area contributed by atoms with Gasteiger partial charge in [-0.3, -0.25) is 4.79 Å². The molecule has 5 heteroatoms. The zero-order valence-corrected chi connectivity index (χ0v) is 7.88. The molecular formula is C9H13NO4. The van der Waals surface area contributed by atoms with Crippen LogP contribution in [0, 0.1) is 0 Å². The summed E-state index contributed by atoms with van der Waals surface area (Å²) in [6, 6.07) is -0.895. The minimum absolute atomic E-state index is 0.0974. The number of hydrogen-bond acceptors (Lipinski definition) is 3. The van der Waals surface area contributed by atoms with Crippen LogP contribution >= 0.6 is 0 Å². The second-order valence-corrected chi connectivity index (χ2v) is 3.23. The summed E-state index contributed by atoms with van der Waals surface area (Å²) >= 11 is 0. The van der Waals surface area contributed by atoms with E-state index in [1.807, 2.05) is 0 Å². The van der Waals surface area contributed by atoms with Crippen LogP contribution in [0.25, 0.3) is 0 Å². The van der Waals surface area contributed by atoms with Crippen molar-refractivity contribution in [2.24, 2.45) is 0 Å². The molecule has 0 bridgehead atoms. The van der Waals surface area contributed by atoms with Crippen molar-refractivity contribution in [3.63, 3.8) is 0 Å². The van der Waals surface area contributed by atoms with E-state index >= 15 is 0 Å². The molecule has 5 nitrogen and oxygen atoms in total. The number of rotatable bonds is 2. The average molecular weight is 199 g/mol. The number of amides is 1. The lowest BCUT2D eigenvalue weighted by molar-refractivity contribution is -0.146. The Kier molecular flexibility index (Phi) is 3.24. The number of nitrogens with zero attached hydrogens (tertiary/aromatic N) is 1. The van der Waals surface area contributed by atoms with Gasteiger partial charge in [-0.2, -0.15) is 0 Å². The number of allylic oxidation sites excluding steroid dienone is 1. The van der Waals surface area contributed by atoms with Gasteiger partial charge < -0.3 is 15.1 Å². The van der Waals surface area contributed by atoms with E-state index < -0.39 is 18.1 Å². The van der Waals surface area contributed by atoms with Gasteiger partial charge in [0, 0.05) is 13.0 Å². The molecule has 78 valence electrons. The summed E-state index contributed by atoms with van der Waals surface area (Å²) in [6.07, 6.45) is 2.23. The van der Waals surface area contributed by atoms with Crippen LogP contribution in [0.3, 0.4) is 0 Å². The van der Waals surface area contributed by atoms with Gasteiger partial charge in [-0.25, -0.2) is 4.79 Å². The number of aliphatic hydroxyl groups is 1. The SMILES string of the molecule is CC=CC(=O)N1CC(O)C[C@H]1C(=O)O. The summed E-state index contributed by atoms with van der Waals surface area (Å²) in [5.41, 5.74) is 0. The van der Waals surface area contributed by atoms with Gasteiger partial charge in [0.15, 0.2) is 0 Å². The molecule has 1 saturated heterocycles. The lowest BCUT2D eigenvalue weighted by Gasteiger charge is -2.18. The number of carbonyl (C=O) groups excluding carboxylic acids is 1. The standard InChI is InChI=1S/C9H13NO4/c1-2-3-8(12)10-5-6(11)4-7(10)9(13)14/h2-3,6-7,11H,4-5H2,1H3,(H,13,14)/t6?,7-/m0/s1. The largest absolute Gasteiger partial charge is 0.480 e. The lowest BCUT2D eigenvalue weighted by Crippen LogP contribution is -2.39. The van der Waals surface area contributed by atoms with Gasteiger partial charge in [0.2, 0.25) is 5.91 Å². The normalized spacial score (nSPS) is 27.1. The molecule has 0 aliphatic carbocycles. The predicted octanol–water partition coefficient (Wildman–Crippen LogP) is -0.391. The Balaban J connectivity index is 2.76. The van der Waals surface area contributed by atoms with Gasteiger partial charge in [0.05, 0.1) is 6.10 Å². The van der Waals surface area contributed by atoms with E-state index in [-0.39, 0.29) is 18.9 Å². The third-order valence-corrected chi connectivity index (χ3v) is 2.16. The molecule has 0 aromatic heterocycles. The average Bonchev–Trinajstić information content (AvgIpc) is 2.48. The molecule has 0 aromatic rings. The third-order valence-electron chi connectivity index (χ3n) is 2.16. The van der Waals surface area contributed by atoms with Crippen LogP contribution in [0.5, 0.6) is 0 Å². The molecular weight excluding hydrogens is 186 g/mol. The first-order chi connectivity index (χ1) is 6.56. The Labute approximate surface area is 81.6 Å². The van der Waals surface area contributed by atoms with Crippen LogP contribution in [-0.4, -0.2) is 45.7 Å². The van der Waals surface area contributed by atoms with Gasteiger partial charge in [-0.15, -0.1) is 0 Å². The first-order valence-electron chi connectivity index (χ1n) is 4.40. The first kappa shape index (κ1) is 10.7. The number of β-amino-alcohol motifs (C(OH)–C–C–N with tert-alkyl or cyclic N) is 1. The van der Waals surface area contributed by atoms with Crippen LogP contribution in [-0.2, 0) is 9.59 Å². The molecule has 1 rings (SSSR count). The summed E-state index contributed by atoms with van der Waals surface area (Å²) in [7, 11) is 0. The van der Waals surface area contributed by atoms with Crippen molar-refractivity contribution >= 4 is 11.9 Å². The number of carboxylic acid groups (broad SMARTS) is 1. The summed E-state index contributed by atoms with van der Waals surface area (Å²) in [4.78, 5) is 23.3. The number of carbonyl (C=O) groups is 2. The summed E-state index contributed by atoms with van der Waals surface area (Å²) in [5, 5.41) is 18.0. The molecule has 1 aliphatic heterocycles. The molecule has 0 saturated carbocycles. The van der Waals surface area contributed by atoms with Crippen molar-refractivity contribution < 1.29 is 19.8 Å². The van der Waals surface area contributed by atoms with Crippen molar-refractivity contribution in [2.45, 2.75) is 25.5 Å². The van der Waals surface area contributed by atoms with Crippen LogP contribution in [0.2, 0.25) is 0 Å². The Morgan fingerprint density at radius 1 is 1.50 bits per heavy atom. The Morgan fingerprint density at radius 3 is 2.64 bits per heavy atom. The van der Waals surface area contributed by atoms with Crippen LogP contribution < -0.4 is 0 Å². The minimum atomic E-state index is -1.07. The van der Waals surface area contributed by atoms with E-state index in [4.69, 9.17) is 5.11 Å². The fourth-order valence-electron chi connectivity index (χ4n) is 1.53. The van der Waals surface area contributed by atoms with Crippen LogP contribution in [0.1, 0.15) is 13.3 Å². The molecule has 2 N–H and O–H groups in total. The topological polar surface area (TPSA) is 77.8 Å². The van der Waals surface area contributed by atoms with Gasteiger partial charge in [-0.05, 0) is 13.0 Å². The van der Waals surface area contributed by atoms with E-state index in [1.54, 1.807) is 13.0 Å². The van der Waals surface area contributed by atoms with Gasteiger partial charge in [0.25, 0.3) is 0 Å². The maximum Gasteiger partial charge on any atom is 0.326 e. The van der Waals surface area contributed by atoms with E-state index in [0.29, 0.717) is 0 Å². The summed E-state index contributed by atoms with van der Waals surface area (Å²) in [6.45, 7) is 1.78. The fraction of sp³-hybridized carbons (Fsp3) is 0.556. The maximum absolute atomic E-state index is 11.4. The lowest BCUT2D eigenvalue weighted by atomic mass is 10.2. The molecule has 1 fully saturated rings. The highest BCUT2D eigenvalue weighted by atomic mass is 16.4.